The van der Waals surface area contributed by atoms with Crippen LogP contribution < -0.4 is 10.5 Å². The third kappa shape index (κ3) is 4.06. The number of pyridine rings is 1. The lowest BCUT2D eigenvalue weighted by molar-refractivity contribution is 0.305. The first-order valence-corrected chi connectivity index (χ1v) is 13.3. The van der Waals surface area contributed by atoms with E-state index >= 15 is 0 Å². The molecule has 1 saturated carbocycles. The van der Waals surface area contributed by atoms with Crippen molar-refractivity contribution in [1.82, 2.24) is 19.5 Å². The molecule has 3 aromatic heterocycles. The Morgan fingerprint density at radius 1 is 1.18 bits per heavy atom. The molecule has 39 heavy (non-hydrogen) atoms. The Hall–Kier alpha value is -4.17. The molecule has 4 heterocycles. The molecule has 1 N–H and O–H groups in total. The summed E-state index contributed by atoms with van der Waals surface area (Å²) in [6.45, 7) is 2.12. The number of imidazole rings is 1. The average Bonchev–Trinajstić information content (AvgIpc) is 3.44. The van der Waals surface area contributed by atoms with Crippen molar-refractivity contribution in [3.63, 3.8) is 0 Å². The van der Waals surface area contributed by atoms with Crippen LogP contribution >= 0.6 is 11.6 Å². The van der Waals surface area contributed by atoms with E-state index in [0.717, 1.165) is 52.1 Å². The Labute approximate surface area is 227 Å². The summed E-state index contributed by atoms with van der Waals surface area (Å²) in [4.78, 5) is 19.3. The number of H-pyrrole nitrogens is 1. The third-order valence-electron chi connectivity index (χ3n) is 7.80. The molecule has 9 heteroatoms. The molecule has 0 spiro atoms. The van der Waals surface area contributed by atoms with Crippen LogP contribution in [0.1, 0.15) is 71.6 Å². The number of aromatic amines is 1. The van der Waals surface area contributed by atoms with Crippen molar-refractivity contribution < 1.29 is 13.7 Å². The largest absolute Gasteiger partial charge is 0.488 e. The SMILES string of the molecule is CC(=C1c2ccc(Cc3c(C4CCC4)nc4c(Cl)cccn34)cc2COc2cc(F)ccc21)c1noc(=O)[nH]1. The Kier molecular flexibility index (Phi) is 5.66. The van der Waals surface area contributed by atoms with Crippen molar-refractivity contribution in [3.05, 3.63) is 116 Å². The van der Waals surface area contributed by atoms with Crippen LogP contribution in [0.15, 0.2) is 64.0 Å². The van der Waals surface area contributed by atoms with E-state index < -0.39 is 5.76 Å². The van der Waals surface area contributed by atoms with E-state index in [2.05, 4.69) is 32.7 Å². The highest BCUT2D eigenvalue weighted by Crippen LogP contribution is 2.42. The number of allylic oxidation sites excluding steroid dienone is 1. The van der Waals surface area contributed by atoms with Gasteiger partial charge in [-0.2, -0.15) is 0 Å². The van der Waals surface area contributed by atoms with Gasteiger partial charge in [0, 0.05) is 35.7 Å². The van der Waals surface area contributed by atoms with Gasteiger partial charge in [-0.1, -0.05) is 41.4 Å². The number of hydrogen-bond acceptors (Lipinski definition) is 5. The maximum Gasteiger partial charge on any atom is 0.439 e. The smallest absolute Gasteiger partial charge is 0.439 e. The second kappa shape index (κ2) is 9.24. The van der Waals surface area contributed by atoms with Gasteiger partial charge < -0.3 is 9.14 Å². The van der Waals surface area contributed by atoms with E-state index in [9.17, 15) is 9.18 Å². The van der Waals surface area contributed by atoms with E-state index in [-0.39, 0.29) is 12.4 Å². The van der Waals surface area contributed by atoms with E-state index in [1.165, 1.54) is 18.6 Å². The number of nitrogens with zero attached hydrogens (tertiary/aromatic N) is 3. The second-order valence-corrected chi connectivity index (χ2v) is 10.6. The molecule has 2 aliphatic rings. The van der Waals surface area contributed by atoms with Crippen molar-refractivity contribution in [2.45, 2.75) is 45.1 Å². The van der Waals surface area contributed by atoms with Gasteiger partial charge in [0.05, 0.1) is 16.4 Å². The van der Waals surface area contributed by atoms with Crippen molar-refractivity contribution in [2.24, 2.45) is 0 Å². The molecule has 0 bridgehead atoms. The molecular weight excluding hydrogens is 519 g/mol. The first-order valence-electron chi connectivity index (χ1n) is 12.9. The predicted octanol–water partition coefficient (Wildman–Crippen LogP) is 6.53. The zero-order chi connectivity index (χ0) is 26.7. The quantitative estimate of drug-likeness (QED) is 0.279. The summed E-state index contributed by atoms with van der Waals surface area (Å²) in [6.07, 6.45) is 6.19. The van der Waals surface area contributed by atoms with Crippen LogP contribution in [0.25, 0.3) is 16.8 Å². The molecule has 0 amide bonds. The van der Waals surface area contributed by atoms with Crippen molar-refractivity contribution in [1.29, 1.82) is 0 Å². The zero-order valence-corrected chi connectivity index (χ0v) is 21.9. The molecule has 5 aromatic rings. The topological polar surface area (TPSA) is 85.4 Å². The van der Waals surface area contributed by atoms with Crippen molar-refractivity contribution in [2.75, 3.05) is 0 Å². The Morgan fingerprint density at radius 2 is 2.03 bits per heavy atom. The van der Waals surface area contributed by atoms with Crippen LogP contribution in [0, 0.1) is 5.82 Å². The van der Waals surface area contributed by atoms with Gasteiger partial charge in [-0.15, -0.1) is 0 Å². The molecule has 0 unspecified atom stereocenters. The highest BCUT2D eigenvalue weighted by molar-refractivity contribution is 6.33. The van der Waals surface area contributed by atoms with Gasteiger partial charge >= 0.3 is 5.76 Å². The molecule has 0 atom stereocenters. The maximum absolute atomic E-state index is 14.2. The van der Waals surface area contributed by atoms with Gasteiger partial charge in [0.2, 0.25) is 0 Å². The second-order valence-electron chi connectivity index (χ2n) is 10.2. The van der Waals surface area contributed by atoms with Crippen LogP contribution in [0.2, 0.25) is 5.02 Å². The van der Waals surface area contributed by atoms with Crippen molar-refractivity contribution >= 4 is 28.4 Å². The highest BCUT2D eigenvalue weighted by atomic mass is 35.5. The zero-order valence-electron chi connectivity index (χ0n) is 21.1. The lowest BCUT2D eigenvalue weighted by atomic mass is 9.81. The molecule has 7 nitrogen and oxygen atoms in total. The summed E-state index contributed by atoms with van der Waals surface area (Å²) in [5, 5.41) is 4.53. The molecule has 7 rings (SSSR count). The molecule has 0 saturated heterocycles. The van der Waals surface area contributed by atoms with Gasteiger partial charge in [-0.25, -0.2) is 14.2 Å². The van der Waals surface area contributed by atoms with E-state index in [0.29, 0.717) is 40.1 Å². The van der Waals surface area contributed by atoms with Crippen LogP contribution in [-0.4, -0.2) is 19.5 Å². The van der Waals surface area contributed by atoms with Crippen LogP contribution in [-0.2, 0) is 13.0 Å². The van der Waals surface area contributed by atoms with Gasteiger partial charge in [-0.3, -0.25) is 9.51 Å². The number of ether oxygens (including phenoxy) is 1. The highest BCUT2D eigenvalue weighted by Gasteiger charge is 2.28. The number of hydrogen-bond donors (Lipinski definition) is 1. The number of benzene rings is 2. The number of rotatable bonds is 4. The fourth-order valence-corrected chi connectivity index (χ4v) is 5.84. The number of aromatic nitrogens is 4. The monoisotopic (exact) mass is 542 g/mol. The van der Waals surface area contributed by atoms with Gasteiger partial charge in [0.15, 0.2) is 11.5 Å². The number of fused-ring (bicyclic) bond motifs is 3. The molecule has 0 radical (unpaired) electrons. The molecule has 1 fully saturated rings. The van der Waals surface area contributed by atoms with Crippen LogP contribution in [0.4, 0.5) is 4.39 Å². The van der Waals surface area contributed by atoms with E-state index in [1.807, 2.05) is 25.3 Å². The fraction of sp³-hybridized carbons (Fsp3) is 0.233. The maximum atomic E-state index is 14.2. The van der Waals surface area contributed by atoms with Gasteiger partial charge in [0.25, 0.3) is 0 Å². The van der Waals surface area contributed by atoms with E-state index in [4.69, 9.17) is 25.8 Å². The minimum atomic E-state index is -0.639. The summed E-state index contributed by atoms with van der Waals surface area (Å²) >= 11 is 6.51. The normalized spacial score (nSPS) is 16.3. The lowest BCUT2D eigenvalue weighted by Gasteiger charge is -2.24. The Morgan fingerprint density at radius 3 is 2.79 bits per heavy atom. The number of halogens is 2. The third-order valence-corrected chi connectivity index (χ3v) is 8.10. The summed E-state index contributed by atoms with van der Waals surface area (Å²) < 4.78 is 27.2. The first-order chi connectivity index (χ1) is 19.0. The average molecular weight is 543 g/mol. The minimum Gasteiger partial charge on any atom is -0.488 e. The lowest BCUT2D eigenvalue weighted by Crippen LogP contribution is -2.12. The Balaban J connectivity index is 1.36. The fourth-order valence-electron chi connectivity index (χ4n) is 5.64. The van der Waals surface area contributed by atoms with Crippen molar-refractivity contribution in [3.8, 4) is 5.75 Å². The Bertz CT molecular complexity index is 1850. The molecular formula is C30H24ClFN4O3. The molecule has 1 aliphatic heterocycles. The molecule has 196 valence electrons. The minimum absolute atomic E-state index is 0.264. The summed E-state index contributed by atoms with van der Waals surface area (Å²) in [7, 11) is 0. The van der Waals surface area contributed by atoms with Gasteiger partial charge in [-0.05, 0) is 66.3 Å². The predicted molar refractivity (Wildman–Crippen MR) is 145 cm³/mol. The first kappa shape index (κ1) is 23.9. The van der Waals surface area contributed by atoms with Crippen LogP contribution in [0.5, 0.6) is 5.75 Å². The number of nitrogens with one attached hydrogen (secondary N) is 1. The van der Waals surface area contributed by atoms with Crippen LogP contribution in [0.3, 0.4) is 0 Å². The molecule has 2 aromatic carbocycles. The molecule has 1 aliphatic carbocycles. The summed E-state index contributed by atoms with van der Waals surface area (Å²) in [6, 6.07) is 14.6. The van der Waals surface area contributed by atoms with E-state index in [1.54, 1.807) is 6.07 Å². The van der Waals surface area contributed by atoms with Gasteiger partial charge in [0.1, 0.15) is 18.2 Å². The summed E-state index contributed by atoms with van der Waals surface area (Å²) in [5.41, 5.74) is 8.22. The summed E-state index contributed by atoms with van der Waals surface area (Å²) in [5.74, 6) is 0.167. The standard InChI is InChI=1S/C30H24ClFN4O3/c1-16(28-34-30(37)39-35-28)26-21-9-7-17(12-19(21)15-38-25-14-20(32)8-10-22(25)26)13-24-27(18-4-2-5-18)33-29-23(31)6-3-11-36(24)29/h3,6-12,14,18H,2,4-5,13,15H2,1H3,(H,34,35,37).